The van der Waals surface area contributed by atoms with E-state index in [2.05, 4.69) is 4.72 Å². The van der Waals surface area contributed by atoms with Gasteiger partial charge in [0.1, 0.15) is 5.75 Å². The Morgan fingerprint density at radius 2 is 2.25 bits per heavy atom. The molecule has 0 bridgehead atoms. The number of nitrogens with one attached hydrogen (secondary N) is 1. The van der Waals surface area contributed by atoms with Gasteiger partial charge in [0.15, 0.2) is 6.73 Å². The van der Waals surface area contributed by atoms with Crippen LogP contribution in [0.2, 0.25) is 0 Å². The third-order valence-corrected chi connectivity index (χ3v) is 3.39. The van der Waals surface area contributed by atoms with Crippen LogP contribution < -0.4 is 20.7 Å². The molecule has 2 rings (SSSR count). The first-order chi connectivity index (χ1) is 8.92. The summed E-state index contributed by atoms with van der Waals surface area (Å²) in [6, 6.07) is 5.16. The minimum absolute atomic E-state index is 0. The summed E-state index contributed by atoms with van der Waals surface area (Å²) in [5.41, 5.74) is 6.80. The van der Waals surface area contributed by atoms with Crippen LogP contribution in [0.1, 0.15) is 11.7 Å². The fraction of sp³-hybridized carbons (Fsp3) is 0.400. The number of rotatable bonds is 5. The maximum absolute atomic E-state index is 10.9. The Bertz CT molecular complexity index is 571. The van der Waals surface area contributed by atoms with Crippen LogP contribution in [-0.2, 0) is 14.7 Å². The number of benzene rings is 1. The smallest absolute Gasteiger partial charge is 0.478 e. The Hall–Kier alpha value is -0.835. The molecule has 7 nitrogen and oxygen atoms in total. The molecule has 0 spiro atoms. The van der Waals surface area contributed by atoms with E-state index in [1.165, 1.54) is 0 Å². The lowest BCUT2D eigenvalue weighted by atomic mass is 9.78. The van der Waals surface area contributed by atoms with Crippen molar-refractivity contribution in [3.8, 4) is 5.75 Å². The van der Waals surface area contributed by atoms with Gasteiger partial charge in [0, 0.05) is 12.0 Å². The summed E-state index contributed by atoms with van der Waals surface area (Å²) in [6.45, 7) is 0.0321. The molecule has 0 saturated carbocycles. The van der Waals surface area contributed by atoms with E-state index < -0.39 is 17.1 Å². The van der Waals surface area contributed by atoms with Crippen molar-refractivity contribution >= 4 is 35.0 Å². The van der Waals surface area contributed by atoms with Crippen LogP contribution >= 0.6 is 12.4 Å². The van der Waals surface area contributed by atoms with Gasteiger partial charge in [-0.1, -0.05) is 12.1 Å². The molecular weight excluding hydrogens is 306 g/mol. The highest BCUT2D eigenvalue weighted by atomic mass is 35.5. The first-order valence-electron chi connectivity index (χ1n) is 5.66. The molecule has 0 aromatic heterocycles. The van der Waals surface area contributed by atoms with E-state index in [-0.39, 0.29) is 31.8 Å². The van der Waals surface area contributed by atoms with Crippen molar-refractivity contribution in [1.82, 2.24) is 4.72 Å². The van der Waals surface area contributed by atoms with Crippen LogP contribution in [0.5, 0.6) is 5.75 Å². The predicted molar refractivity (Wildman–Crippen MR) is 77.7 cm³/mol. The summed E-state index contributed by atoms with van der Waals surface area (Å²) in [5.74, 6) is 0.372. The van der Waals surface area contributed by atoms with Crippen molar-refractivity contribution in [3.63, 3.8) is 0 Å². The molecule has 1 aromatic carbocycles. The van der Waals surface area contributed by atoms with Crippen molar-refractivity contribution in [2.75, 3.05) is 19.5 Å². The molecule has 1 atom stereocenters. The minimum atomic E-state index is -3.33. The SMILES string of the molecule is CS(=O)(=O)NCOc1cccc2c1B(O)OC2CN.Cl. The van der Waals surface area contributed by atoms with E-state index in [4.69, 9.17) is 15.1 Å². The van der Waals surface area contributed by atoms with E-state index in [1.54, 1.807) is 18.2 Å². The zero-order chi connectivity index (χ0) is 14.0. The highest BCUT2D eigenvalue weighted by Gasteiger charge is 2.37. The van der Waals surface area contributed by atoms with Gasteiger partial charge in [-0.2, -0.15) is 4.72 Å². The van der Waals surface area contributed by atoms with Gasteiger partial charge >= 0.3 is 7.12 Å². The zero-order valence-electron chi connectivity index (χ0n) is 10.8. The molecule has 20 heavy (non-hydrogen) atoms. The largest absolute Gasteiger partial charge is 0.495 e. The van der Waals surface area contributed by atoms with Gasteiger partial charge in [-0.3, -0.25) is 0 Å². The van der Waals surface area contributed by atoms with Crippen molar-refractivity contribution in [2.24, 2.45) is 5.73 Å². The highest BCUT2D eigenvalue weighted by Crippen LogP contribution is 2.26. The predicted octanol–water partition coefficient (Wildman–Crippen LogP) is -1.29. The lowest BCUT2D eigenvalue weighted by Gasteiger charge is -2.11. The van der Waals surface area contributed by atoms with Gasteiger partial charge in [0.25, 0.3) is 0 Å². The molecule has 112 valence electrons. The second-order valence-electron chi connectivity index (χ2n) is 4.18. The number of nitrogens with two attached hydrogens (primary N) is 1. The van der Waals surface area contributed by atoms with E-state index >= 15 is 0 Å². The van der Waals surface area contributed by atoms with Crippen molar-refractivity contribution in [2.45, 2.75) is 6.10 Å². The molecule has 0 aliphatic carbocycles. The molecule has 10 heteroatoms. The van der Waals surface area contributed by atoms with Crippen LogP contribution in [0.15, 0.2) is 18.2 Å². The molecule has 0 radical (unpaired) electrons. The maximum Gasteiger partial charge on any atom is 0.495 e. The van der Waals surface area contributed by atoms with Crippen molar-refractivity contribution in [3.05, 3.63) is 23.8 Å². The maximum atomic E-state index is 10.9. The normalized spacial score (nSPS) is 17.6. The topological polar surface area (TPSA) is 111 Å². The summed E-state index contributed by atoms with van der Waals surface area (Å²) in [4.78, 5) is 0. The van der Waals surface area contributed by atoms with Crippen molar-refractivity contribution < 1.29 is 22.8 Å². The number of hydrogen-bond donors (Lipinski definition) is 3. The Morgan fingerprint density at radius 3 is 2.85 bits per heavy atom. The third-order valence-electron chi connectivity index (χ3n) is 2.75. The number of hydrogen-bond acceptors (Lipinski definition) is 6. The standard InChI is InChI=1S/C10H15BN2O5S.ClH/c1-19(15,16)13-6-17-8-4-2-3-7-9(5-12)18-11(14)10(7)8;/h2-4,9,13-14H,5-6,12H2,1H3;1H. The van der Waals surface area contributed by atoms with Gasteiger partial charge in [-0.15, -0.1) is 12.4 Å². The van der Waals surface area contributed by atoms with E-state index in [9.17, 15) is 13.4 Å². The van der Waals surface area contributed by atoms with Crippen molar-refractivity contribution in [1.29, 1.82) is 0 Å². The molecule has 0 amide bonds. The summed E-state index contributed by atoms with van der Waals surface area (Å²) < 4.78 is 34.7. The second-order valence-corrected chi connectivity index (χ2v) is 6.01. The first kappa shape index (κ1) is 17.2. The van der Waals surface area contributed by atoms with E-state index in [0.717, 1.165) is 11.8 Å². The van der Waals surface area contributed by atoms with Crippen LogP contribution in [0.3, 0.4) is 0 Å². The molecule has 0 fully saturated rings. The van der Waals surface area contributed by atoms with Gasteiger partial charge < -0.3 is 20.1 Å². The number of fused-ring (bicyclic) bond motifs is 1. The summed E-state index contributed by atoms with van der Waals surface area (Å²) in [6.07, 6.45) is 0.658. The molecule has 1 aliphatic heterocycles. The van der Waals surface area contributed by atoms with Gasteiger partial charge in [-0.05, 0) is 11.6 Å². The van der Waals surface area contributed by atoms with E-state index in [0.29, 0.717) is 11.2 Å². The Balaban J connectivity index is 0.00000200. The summed E-state index contributed by atoms with van der Waals surface area (Å²) in [7, 11) is -4.44. The molecular formula is C10H16BClN2O5S. The fourth-order valence-corrected chi connectivity index (χ4v) is 2.20. The first-order valence-corrected chi connectivity index (χ1v) is 7.55. The fourth-order valence-electron chi connectivity index (χ4n) is 1.93. The number of sulfonamides is 1. The summed E-state index contributed by atoms with van der Waals surface area (Å²) in [5, 5.41) is 9.83. The van der Waals surface area contributed by atoms with Crippen LogP contribution in [0, 0.1) is 0 Å². The lowest BCUT2D eigenvalue weighted by molar-refractivity contribution is 0.198. The molecule has 0 saturated heterocycles. The minimum Gasteiger partial charge on any atom is -0.478 e. The quantitative estimate of drug-likeness (QED) is 0.459. The van der Waals surface area contributed by atoms with E-state index in [1.807, 2.05) is 0 Å². The van der Waals surface area contributed by atoms with Crippen LogP contribution in [0.4, 0.5) is 0 Å². The van der Waals surface area contributed by atoms with Crippen LogP contribution in [-0.4, -0.2) is 40.1 Å². The zero-order valence-corrected chi connectivity index (χ0v) is 12.4. The van der Waals surface area contributed by atoms with Gasteiger partial charge in [0.2, 0.25) is 10.0 Å². The Labute approximate surface area is 124 Å². The Morgan fingerprint density at radius 1 is 1.55 bits per heavy atom. The Kier molecular flexibility index (Phi) is 5.81. The average molecular weight is 323 g/mol. The monoisotopic (exact) mass is 322 g/mol. The molecule has 1 heterocycles. The lowest BCUT2D eigenvalue weighted by Crippen LogP contribution is -2.32. The van der Waals surface area contributed by atoms with Gasteiger partial charge in [-0.25, -0.2) is 8.42 Å². The average Bonchev–Trinajstić information content (AvgIpc) is 2.66. The van der Waals surface area contributed by atoms with Crippen LogP contribution in [0.25, 0.3) is 0 Å². The molecule has 1 aromatic rings. The number of ether oxygens (including phenoxy) is 1. The summed E-state index contributed by atoms with van der Waals surface area (Å²) >= 11 is 0. The second kappa shape index (κ2) is 6.75. The number of halogens is 1. The molecule has 4 N–H and O–H groups in total. The molecule has 1 aliphatic rings. The molecule has 1 unspecified atom stereocenters. The highest BCUT2D eigenvalue weighted by molar-refractivity contribution is 7.88. The van der Waals surface area contributed by atoms with Gasteiger partial charge in [0.05, 0.1) is 12.4 Å². The third kappa shape index (κ3) is 3.84.